The van der Waals surface area contributed by atoms with Gasteiger partial charge in [0.15, 0.2) is 0 Å². The Morgan fingerprint density at radius 3 is 2.70 bits per heavy atom. The summed E-state index contributed by atoms with van der Waals surface area (Å²) in [5, 5.41) is 14.3. The predicted octanol–water partition coefficient (Wildman–Crippen LogP) is 2.52. The van der Waals surface area contributed by atoms with Crippen molar-refractivity contribution in [1.29, 1.82) is 0 Å². The van der Waals surface area contributed by atoms with Gasteiger partial charge >= 0.3 is 0 Å². The van der Waals surface area contributed by atoms with Gasteiger partial charge in [0.05, 0.1) is 66.8 Å². The van der Waals surface area contributed by atoms with E-state index >= 15 is 0 Å². The van der Waals surface area contributed by atoms with Gasteiger partial charge in [0.2, 0.25) is 11.8 Å². The maximum atomic E-state index is 13.3. The number of hydrogen-bond acceptors (Lipinski definition) is 8. The predicted molar refractivity (Wildman–Crippen MR) is 138 cm³/mol. The number of carbonyl (C=O) groups is 2. The molecule has 0 aromatic carbocycles. The Kier molecular flexibility index (Phi) is 6.57. The number of methoxy groups -OCH3 is 1. The van der Waals surface area contributed by atoms with Gasteiger partial charge in [-0.3, -0.25) is 24.2 Å². The molecule has 0 radical (unpaired) electrons. The molecule has 1 saturated heterocycles. The lowest BCUT2D eigenvalue weighted by molar-refractivity contribution is -0.117. The molecule has 12 nitrogen and oxygen atoms in total. The zero-order valence-electron chi connectivity index (χ0n) is 21.2. The fourth-order valence-corrected chi connectivity index (χ4v) is 4.51. The summed E-state index contributed by atoms with van der Waals surface area (Å²) in [6.45, 7) is 5.16. The van der Waals surface area contributed by atoms with Crippen molar-refractivity contribution in [2.24, 2.45) is 7.05 Å². The first-order valence-corrected chi connectivity index (χ1v) is 12.1. The molecule has 0 aliphatic carbocycles. The first kappa shape index (κ1) is 24.4. The van der Waals surface area contributed by atoms with E-state index in [1.807, 2.05) is 13.2 Å². The van der Waals surface area contributed by atoms with Crippen LogP contribution in [0.1, 0.15) is 35.8 Å². The average molecular weight is 504 g/mol. The van der Waals surface area contributed by atoms with Crippen LogP contribution in [0.3, 0.4) is 0 Å². The quantitative estimate of drug-likeness (QED) is 0.393. The van der Waals surface area contributed by atoms with Crippen LogP contribution in [-0.2, 0) is 11.8 Å². The number of rotatable bonds is 7. The molecule has 0 spiro atoms. The van der Waals surface area contributed by atoms with E-state index in [9.17, 15) is 9.59 Å². The van der Waals surface area contributed by atoms with Crippen LogP contribution in [0.4, 0.5) is 11.4 Å². The van der Waals surface area contributed by atoms with Crippen LogP contribution in [-0.4, -0.2) is 72.3 Å². The summed E-state index contributed by atoms with van der Waals surface area (Å²) in [6, 6.07) is 2.10. The number of fused-ring (bicyclic) bond motifs is 1. The molecule has 1 aliphatic heterocycles. The maximum Gasteiger partial charge on any atom is 0.259 e. The lowest BCUT2D eigenvalue weighted by Gasteiger charge is -2.20. The van der Waals surface area contributed by atoms with Crippen molar-refractivity contribution in [3.63, 3.8) is 0 Å². The fourth-order valence-electron chi connectivity index (χ4n) is 4.51. The average Bonchev–Trinajstić information content (AvgIpc) is 3.60. The molecular formula is C25H29N9O3. The molecule has 2 amide bonds. The van der Waals surface area contributed by atoms with Gasteiger partial charge < -0.3 is 15.4 Å². The smallest absolute Gasteiger partial charge is 0.259 e. The Morgan fingerprint density at radius 1 is 1.16 bits per heavy atom. The molecule has 0 bridgehead atoms. The summed E-state index contributed by atoms with van der Waals surface area (Å²) < 4.78 is 8.74. The number of pyridine rings is 1. The summed E-state index contributed by atoms with van der Waals surface area (Å²) in [7, 11) is 3.31. The number of anilines is 2. The van der Waals surface area contributed by atoms with Crippen molar-refractivity contribution in [1.82, 2.24) is 34.3 Å². The van der Waals surface area contributed by atoms with E-state index in [0.717, 1.165) is 24.9 Å². The minimum Gasteiger partial charge on any atom is -0.479 e. The Bertz CT molecular complexity index is 1480. The molecule has 37 heavy (non-hydrogen) atoms. The standard InChI is InChI=1S/C25H29N9O3/c1-15-6-5-7-33(15)14-22(35)29-18-8-20(16(2)26-10-18)30-24(36)19-11-28-34-13-21(17-9-27-32(3)12-17)31-25(37-4)23(19)34/h8-13,15H,5-7,14H2,1-4H3,(H,29,35)(H,30,36)/t15-/m0/s1. The summed E-state index contributed by atoms with van der Waals surface area (Å²) >= 11 is 0. The summed E-state index contributed by atoms with van der Waals surface area (Å²) in [5.41, 5.74) is 3.73. The lowest BCUT2D eigenvalue weighted by Crippen LogP contribution is -2.35. The molecule has 4 aromatic heterocycles. The molecule has 192 valence electrons. The molecule has 1 aliphatic rings. The van der Waals surface area contributed by atoms with E-state index in [1.54, 1.807) is 40.8 Å². The minimum absolute atomic E-state index is 0.112. The highest BCUT2D eigenvalue weighted by atomic mass is 16.5. The first-order valence-electron chi connectivity index (χ1n) is 12.1. The van der Waals surface area contributed by atoms with Crippen molar-refractivity contribution in [2.75, 3.05) is 30.8 Å². The normalized spacial score (nSPS) is 15.7. The van der Waals surface area contributed by atoms with E-state index < -0.39 is 5.91 Å². The molecule has 5 rings (SSSR count). The van der Waals surface area contributed by atoms with Crippen molar-refractivity contribution >= 4 is 28.7 Å². The number of amides is 2. The van der Waals surface area contributed by atoms with Gasteiger partial charge in [-0.05, 0) is 39.3 Å². The van der Waals surface area contributed by atoms with Crippen LogP contribution in [0.25, 0.3) is 16.8 Å². The third-order valence-electron chi connectivity index (χ3n) is 6.56. The Hall–Kier alpha value is -4.32. The van der Waals surface area contributed by atoms with E-state index in [0.29, 0.717) is 46.4 Å². The molecule has 1 atom stereocenters. The van der Waals surface area contributed by atoms with Gasteiger partial charge in [0, 0.05) is 24.8 Å². The fraction of sp³-hybridized carbons (Fsp3) is 0.360. The molecule has 4 aromatic rings. The third kappa shape index (κ3) is 5.00. The lowest BCUT2D eigenvalue weighted by atomic mass is 10.2. The van der Waals surface area contributed by atoms with Crippen LogP contribution >= 0.6 is 0 Å². The van der Waals surface area contributed by atoms with E-state index in [4.69, 9.17) is 4.74 Å². The SMILES string of the molecule is COc1nc(-c2cnn(C)c2)cn2ncc(C(=O)Nc3cc(NC(=O)CN4CCC[C@@H]4C)cnc3C)c12. The topological polar surface area (TPSA) is 132 Å². The summed E-state index contributed by atoms with van der Waals surface area (Å²) in [5.74, 6) is -0.251. The van der Waals surface area contributed by atoms with Gasteiger partial charge in [0.25, 0.3) is 5.91 Å². The molecular weight excluding hydrogens is 474 g/mol. The second-order valence-corrected chi connectivity index (χ2v) is 9.21. The molecule has 2 N–H and O–H groups in total. The molecule has 5 heterocycles. The Labute approximate surface area is 213 Å². The number of aromatic nitrogens is 6. The Balaban J connectivity index is 1.36. The van der Waals surface area contributed by atoms with Gasteiger partial charge in [-0.2, -0.15) is 10.2 Å². The summed E-state index contributed by atoms with van der Waals surface area (Å²) in [4.78, 5) is 36.9. The largest absolute Gasteiger partial charge is 0.479 e. The number of nitrogens with zero attached hydrogens (tertiary/aromatic N) is 7. The number of nitrogens with one attached hydrogen (secondary N) is 2. The van der Waals surface area contributed by atoms with Crippen LogP contribution in [0.2, 0.25) is 0 Å². The van der Waals surface area contributed by atoms with Gasteiger partial charge in [-0.15, -0.1) is 0 Å². The summed E-state index contributed by atoms with van der Waals surface area (Å²) in [6.07, 6.45) is 10.5. The number of likely N-dealkylation sites (tertiary alicyclic amines) is 1. The van der Waals surface area contributed by atoms with Gasteiger partial charge in [-0.25, -0.2) is 9.50 Å². The highest BCUT2D eigenvalue weighted by molar-refractivity contribution is 6.10. The molecule has 1 fully saturated rings. The monoisotopic (exact) mass is 503 g/mol. The second-order valence-electron chi connectivity index (χ2n) is 9.21. The van der Waals surface area contributed by atoms with Crippen molar-refractivity contribution < 1.29 is 14.3 Å². The van der Waals surface area contributed by atoms with Gasteiger partial charge in [-0.1, -0.05) is 0 Å². The number of aryl methyl sites for hydroxylation is 2. The number of hydrogen-bond donors (Lipinski definition) is 2. The van der Waals surface area contributed by atoms with Crippen molar-refractivity contribution in [2.45, 2.75) is 32.7 Å². The van der Waals surface area contributed by atoms with Gasteiger partial charge in [0.1, 0.15) is 5.52 Å². The van der Waals surface area contributed by atoms with E-state index in [-0.39, 0.29) is 11.8 Å². The minimum atomic E-state index is -0.400. The van der Waals surface area contributed by atoms with Crippen LogP contribution < -0.4 is 15.4 Å². The number of carbonyl (C=O) groups excluding carboxylic acids is 2. The van der Waals surface area contributed by atoms with Crippen molar-refractivity contribution in [3.8, 4) is 17.1 Å². The molecule has 0 unspecified atom stereocenters. The Morgan fingerprint density at radius 2 is 2.00 bits per heavy atom. The highest BCUT2D eigenvalue weighted by Gasteiger charge is 2.23. The van der Waals surface area contributed by atoms with Crippen LogP contribution in [0.5, 0.6) is 5.88 Å². The number of ether oxygens (including phenoxy) is 1. The highest BCUT2D eigenvalue weighted by Crippen LogP contribution is 2.27. The molecule has 12 heteroatoms. The maximum absolute atomic E-state index is 13.3. The van der Waals surface area contributed by atoms with E-state index in [2.05, 4.69) is 42.6 Å². The first-order chi connectivity index (χ1) is 17.8. The van der Waals surface area contributed by atoms with Crippen molar-refractivity contribution in [3.05, 3.63) is 48.3 Å². The molecule has 0 saturated carbocycles. The third-order valence-corrected chi connectivity index (χ3v) is 6.56. The van der Waals surface area contributed by atoms with E-state index in [1.165, 1.54) is 13.3 Å². The van der Waals surface area contributed by atoms with Crippen LogP contribution in [0.15, 0.2) is 37.1 Å². The second kappa shape index (κ2) is 9.97. The zero-order valence-corrected chi connectivity index (χ0v) is 21.2. The van der Waals surface area contributed by atoms with Crippen LogP contribution in [0, 0.1) is 6.92 Å². The zero-order chi connectivity index (χ0) is 26.1.